The van der Waals surface area contributed by atoms with Gasteiger partial charge in [-0.05, 0) is 30.1 Å². The molecular formula is C42H80N6O12. The highest BCUT2D eigenvalue weighted by molar-refractivity contribution is 5.76. The van der Waals surface area contributed by atoms with E-state index in [1.54, 1.807) is 19.6 Å². The number of aliphatic carboxylic acids is 3. The number of aliphatic hydroxyl groups excluding tert-OH is 1. The predicted octanol–water partition coefficient (Wildman–Crippen LogP) is 1.48. The van der Waals surface area contributed by atoms with Crippen molar-refractivity contribution in [2.24, 2.45) is 21.7 Å². The number of rotatable bonds is 27. The SMILES string of the molecule is CCC(C)(CC)COCC(C)(C)CNC(=O)CC(C)(C)COCC(C)(C)CNC(=O)CCC(C(O)O)N1CCN(CC(=O)O)CCN(CC(=O)O)CCN(CC(=O)O)CC1. The van der Waals surface area contributed by atoms with Crippen LogP contribution in [0.3, 0.4) is 0 Å². The summed E-state index contributed by atoms with van der Waals surface area (Å²) in [6, 6.07) is -0.918. The molecule has 18 nitrogen and oxygen atoms in total. The van der Waals surface area contributed by atoms with Crippen molar-refractivity contribution in [3.63, 3.8) is 0 Å². The molecule has 0 aliphatic carbocycles. The molecule has 1 fully saturated rings. The third-order valence-corrected chi connectivity index (χ3v) is 11.2. The fraction of sp³-hybridized carbons (Fsp3) is 0.881. The first-order valence-corrected chi connectivity index (χ1v) is 21.4. The first-order valence-electron chi connectivity index (χ1n) is 21.4. The number of carbonyl (C=O) groups is 5. The van der Waals surface area contributed by atoms with E-state index in [2.05, 4.69) is 45.3 Å². The van der Waals surface area contributed by atoms with Crippen LogP contribution in [-0.4, -0.2) is 199 Å². The molecule has 7 N–H and O–H groups in total. The standard InChI is InChI=1S/C42H80N6O12/c1-10-42(9,11-2)31-60-30-41(7,8)27-44-34(50)22-39(3,4)28-59-29-40(5,6)26-43-33(49)13-12-32(38(57)58)48-20-18-46(24-36(53)54)16-14-45(23-35(51)52)15-17-47(19-21-48)25-37(55)56/h32,38,57-58H,10-31H2,1-9H3,(H,43,49)(H,44,50)(H,51,52)(H,53,54)(H,55,56). The van der Waals surface area contributed by atoms with Gasteiger partial charge in [0.15, 0.2) is 6.29 Å². The van der Waals surface area contributed by atoms with Crippen molar-refractivity contribution in [2.45, 2.75) is 107 Å². The molecule has 18 heteroatoms. The second-order valence-corrected chi connectivity index (χ2v) is 19.3. The predicted molar refractivity (Wildman–Crippen MR) is 227 cm³/mol. The van der Waals surface area contributed by atoms with Crippen LogP contribution in [0.4, 0.5) is 0 Å². The number of nitrogens with one attached hydrogen (secondary N) is 2. The molecule has 350 valence electrons. The lowest BCUT2D eigenvalue weighted by Gasteiger charge is -2.37. The van der Waals surface area contributed by atoms with Crippen LogP contribution >= 0.6 is 0 Å². The van der Waals surface area contributed by atoms with Crippen molar-refractivity contribution in [3.8, 4) is 0 Å². The summed E-state index contributed by atoms with van der Waals surface area (Å²) in [4.78, 5) is 67.4. The van der Waals surface area contributed by atoms with Crippen LogP contribution in [0.5, 0.6) is 0 Å². The van der Waals surface area contributed by atoms with Crippen LogP contribution in [0, 0.1) is 21.7 Å². The molecule has 0 saturated carbocycles. The van der Waals surface area contributed by atoms with Crippen LogP contribution in [0.2, 0.25) is 0 Å². The minimum absolute atomic E-state index is 0.0422. The molecule has 1 atom stereocenters. The summed E-state index contributed by atoms with van der Waals surface area (Å²) in [7, 11) is 0. The molecule has 0 radical (unpaired) electrons. The summed E-state index contributed by atoms with van der Waals surface area (Å²) in [5.41, 5.74) is -0.966. The molecule has 2 amide bonds. The topological polar surface area (TPSA) is 242 Å². The Labute approximate surface area is 358 Å². The van der Waals surface area contributed by atoms with Crippen LogP contribution in [0.25, 0.3) is 0 Å². The second-order valence-electron chi connectivity index (χ2n) is 19.3. The van der Waals surface area contributed by atoms with E-state index in [0.717, 1.165) is 12.8 Å². The molecular weight excluding hydrogens is 780 g/mol. The average molecular weight is 861 g/mol. The molecule has 0 bridgehead atoms. The number of carboxylic acids is 3. The molecule has 1 aliphatic heterocycles. The maximum Gasteiger partial charge on any atom is 0.317 e. The largest absolute Gasteiger partial charge is 0.480 e. The average Bonchev–Trinajstić information content (AvgIpc) is 3.12. The van der Waals surface area contributed by atoms with Gasteiger partial charge in [0, 0.05) is 89.1 Å². The van der Waals surface area contributed by atoms with E-state index >= 15 is 0 Å². The molecule has 0 aromatic carbocycles. The van der Waals surface area contributed by atoms with Gasteiger partial charge in [0.1, 0.15) is 0 Å². The van der Waals surface area contributed by atoms with Gasteiger partial charge in [-0.3, -0.25) is 43.6 Å². The van der Waals surface area contributed by atoms with E-state index in [4.69, 9.17) is 9.47 Å². The molecule has 0 aromatic rings. The summed E-state index contributed by atoms with van der Waals surface area (Å²) in [6.45, 7) is 22.0. The summed E-state index contributed by atoms with van der Waals surface area (Å²) in [5, 5.41) is 55.4. The van der Waals surface area contributed by atoms with E-state index in [-0.39, 0.29) is 120 Å². The van der Waals surface area contributed by atoms with E-state index in [0.29, 0.717) is 33.0 Å². The maximum atomic E-state index is 13.1. The number of aliphatic hydroxyl groups is 2. The number of hydrogen-bond donors (Lipinski definition) is 7. The zero-order chi connectivity index (χ0) is 45.7. The van der Waals surface area contributed by atoms with Crippen LogP contribution < -0.4 is 10.6 Å². The summed E-state index contributed by atoms with van der Waals surface area (Å²) < 4.78 is 12.1. The van der Waals surface area contributed by atoms with Gasteiger partial charge >= 0.3 is 17.9 Å². The number of carboxylic acid groups (broad SMARTS) is 3. The Kier molecular flexibility index (Phi) is 24.3. The Hall–Kier alpha value is -2.97. The molecule has 0 aromatic heterocycles. The summed E-state index contributed by atoms with van der Waals surface area (Å²) >= 11 is 0. The lowest BCUT2D eigenvalue weighted by atomic mass is 9.85. The van der Waals surface area contributed by atoms with Crippen molar-refractivity contribution in [1.82, 2.24) is 30.2 Å². The lowest BCUT2D eigenvalue weighted by molar-refractivity contribution is -0.141. The molecule has 1 unspecified atom stereocenters. The maximum absolute atomic E-state index is 13.1. The van der Waals surface area contributed by atoms with Crippen LogP contribution in [-0.2, 0) is 33.4 Å². The minimum atomic E-state index is -1.85. The summed E-state index contributed by atoms with van der Waals surface area (Å²) in [6.07, 6.45) is 0.537. The smallest absolute Gasteiger partial charge is 0.317 e. The van der Waals surface area contributed by atoms with Crippen LogP contribution in [0.1, 0.15) is 94.4 Å². The Morgan fingerprint density at radius 3 is 1.32 bits per heavy atom. The van der Waals surface area contributed by atoms with Crippen molar-refractivity contribution in [2.75, 3.05) is 112 Å². The minimum Gasteiger partial charge on any atom is -0.480 e. The molecule has 0 spiro atoms. The zero-order valence-corrected chi connectivity index (χ0v) is 38.1. The van der Waals surface area contributed by atoms with E-state index in [1.807, 2.05) is 27.7 Å². The number of hydrogen-bond acceptors (Lipinski definition) is 13. The monoisotopic (exact) mass is 861 g/mol. The third kappa shape index (κ3) is 24.5. The Balaban J connectivity index is 2.76. The lowest BCUT2D eigenvalue weighted by Crippen LogP contribution is -2.52. The third-order valence-electron chi connectivity index (χ3n) is 11.2. The van der Waals surface area contributed by atoms with E-state index in [1.165, 1.54) is 0 Å². The van der Waals surface area contributed by atoms with Gasteiger partial charge in [0.25, 0.3) is 0 Å². The molecule has 1 rings (SSSR count). The Bertz CT molecular complexity index is 1290. The van der Waals surface area contributed by atoms with Gasteiger partial charge < -0.3 is 45.6 Å². The molecule has 1 saturated heterocycles. The van der Waals surface area contributed by atoms with Crippen molar-refractivity contribution in [3.05, 3.63) is 0 Å². The quantitative estimate of drug-likeness (QED) is 0.0579. The number of carbonyl (C=O) groups excluding carboxylic acids is 2. The number of nitrogens with zero attached hydrogens (tertiary/aromatic N) is 4. The van der Waals surface area contributed by atoms with Gasteiger partial charge in [0.05, 0.1) is 52.1 Å². The fourth-order valence-electron chi connectivity index (χ4n) is 6.78. The first-order chi connectivity index (χ1) is 27.8. The van der Waals surface area contributed by atoms with Gasteiger partial charge in [-0.15, -0.1) is 0 Å². The first kappa shape index (κ1) is 55.0. The van der Waals surface area contributed by atoms with Crippen LogP contribution in [0.15, 0.2) is 0 Å². The Morgan fingerprint density at radius 2 is 0.933 bits per heavy atom. The fourth-order valence-corrected chi connectivity index (χ4v) is 6.78. The highest BCUT2D eigenvalue weighted by atomic mass is 16.5. The van der Waals surface area contributed by atoms with Crippen molar-refractivity contribution in [1.29, 1.82) is 0 Å². The second kappa shape index (κ2) is 26.5. The Morgan fingerprint density at radius 1 is 0.567 bits per heavy atom. The van der Waals surface area contributed by atoms with Gasteiger partial charge in [-0.25, -0.2) is 0 Å². The van der Waals surface area contributed by atoms with Crippen molar-refractivity contribution < 1.29 is 59.0 Å². The molecule has 60 heavy (non-hydrogen) atoms. The highest BCUT2D eigenvalue weighted by Gasteiger charge is 2.30. The highest BCUT2D eigenvalue weighted by Crippen LogP contribution is 2.27. The van der Waals surface area contributed by atoms with Gasteiger partial charge in [0.2, 0.25) is 11.8 Å². The molecule has 1 aliphatic rings. The van der Waals surface area contributed by atoms with Gasteiger partial charge in [-0.1, -0.05) is 62.3 Å². The molecule has 1 heterocycles. The number of amides is 2. The summed E-state index contributed by atoms with van der Waals surface area (Å²) in [5.74, 6) is -3.56. The normalized spacial score (nSPS) is 17.1. The zero-order valence-electron chi connectivity index (χ0n) is 38.1. The number of ether oxygens (including phenoxy) is 2. The van der Waals surface area contributed by atoms with E-state index < -0.39 is 41.1 Å². The van der Waals surface area contributed by atoms with Gasteiger partial charge in [-0.2, -0.15) is 0 Å². The van der Waals surface area contributed by atoms with E-state index in [9.17, 15) is 49.5 Å². The van der Waals surface area contributed by atoms with Crippen molar-refractivity contribution >= 4 is 29.7 Å².